The SMILES string of the molecule is CCCNC(C)Cc1ccc(OC(C)CO)cc1. The molecule has 0 spiro atoms. The molecular formula is C15H25NO2. The van der Waals surface area contributed by atoms with E-state index in [1.807, 2.05) is 19.1 Å². The van der Waals surface area contributed by atoms with Crippen molar-refractivity contribution in [1.29, 1.82) is 0 Å². The fourth-order valence-electron chi connectivity index (χ4n) is 1.79. The Balaban J connectivity index is 2.44. The Labute approximate surface area is 110 Å². The molecule has 0 radical (unpaired) electrons. The van der Waals surface area contributed by atoms with Crippen LogP contribution in [-0.4, -0.2) is 30.4 Å². The maximum Gasteiger partial charge on any atom is 0.119 e. The molecular weight excluding hydrogens is 226 g/mol. The maximum absolute atomic E-state index is 8.92. The van der Waals surface area contributed by atoms with Crippen LogP contribution in [0.15, 0.2) is 24.3 Å². The van der Waals surface area contributed by atoms with Crippen molar-refractivity contribution in [3.63, 3.8) is 0 Å². The first-order valence-corrected chi connectivity index (χ1v) is 6.75. The Morgan fingerprint density at radius 2 is 1.89 bits per heavy atom. The van der Waals surface area contributed by atoms with E-state index >= 15 is 0 Å². The van der Waals surface area contributed by atoms with E-state index in [4.69, 9.17) is 9.84 Å². The molecule has 3 heteroatoms. The van der Waals surface area contributed by atoms with Gasteiger partial charge in [-0.3, -0.25) is 0 Å². The van der Waals surface area contributed by atoms with Crippen molar-refractivity contribution < 1.29 is 9.84 Å². The van der Waals surface area contributed by atoms with Crippen LogP contribution in [0.2, 0.25) is 0 Å². The highest BCUT2D eigenvalue weighted by Gasteiger charge is 2.04. The molecule has 2 N–H and O–H groups in total. The number of hydrogen-bond acceptors (Lipinski definition) is 3. The average molecular weight is 251 g/mol. The second-order valence-electron chi connectivity index (χ2n) is 4.81. The lowest BCUT2D eigenvalue weighted by Crippen LogP contribution is -2.28. The van der Waals surface area contributed by atoms with Crippen molar-refractivity contribution in [1.82, 2.24) is 5.32 Å². The summed E-state index contributed by atoms with van der Waals surface area (Å²) in [6.07, 6.45) is 2.03. The van der Waals surface area contributed by atoms with Crippen LogP contribution < -0.4 is 10.1 Å². The van der Waals surface area contributed by atoms with Gasteiger partial charge in [0.05, 0.1) is 6.61 Å². The molecule has 102 valence electrons. The molecule has 0 aliphatic heterocycles. The van der Waals surface area contributed by atoms with Gasteiger partial charge in [0.25, 0.3) is 0 Å². The van der Waals surface area contributed by atoms with Gasteiger partial charge >= 0.3 is 0 Å². The molecule has 0 saturated carbocycles. The van der Waals surface area contributed by atoms with E-state index in [-0.39, 0.29) is 12.7 Å². The Bertz CT molecular complexity index is 324. The first-order valence-electron chi connectivity index (χ1n) is 6.75. The Hall–Kier alpha value is -1.06. The highest BCUT2D eigenvalue weighted by atomic mass is 16.5. The summed E-state index contributed by atoms with van der Waals surface area (Å²) in [5, 5.41) is 12.4. The smallest absolute Gasteiger partial charge is 0.119 e. The molecule has 0 aromatic heterocycles. The molecule has 0 heterocycles. The summed E-state index contributed by atoms with van der Waals surface area (Å²) in [6, 6.07) is 8.60. The van der Waals surface area contributed by atoms with Crippen molar-refractivity contribution in [3.05, 3.63) is 29.8 Å². The molecule has 2 atom stereocenters. The van der Waals surface area contributed by atoms with E-state index in [1.54, 1.807) is 0 Å². The minimum absolute atomic E-state index is 0.0414. The van der Waals surface area contributed by atoms with Crippen molar-refractivity contribution in [2.24, 2.45) is 0 Å². The fourth-order valence-corrected chi connectivity index (χ4v) is 1.79. The number of rotatable bonds is 8. The van der Waals surface area contributed by atoms with Crippen LogP contribution in [0, 0.1) is 0 Å². The van der Waals surface area contributed by atoms with Crippen LogP contribution in [0.5, 0.6) is 5.75 Å². The predicted octanol–water partition coefficient (Wildman–Crippen LogP) is 2.38. The van der Waals surface area contributed by atoms with Gasteiger partial charge in [0.15, 0.2) is 0 Å². The summed E-state index contributed by atoms with van der Waals surface area (Å²) in [6.45, 7) is 7.34. The van der Waals surface area contributed by atoms with Gasteiger partial charge in [0.1, 0.15) is 11.9 Å². The standard InChI is InChI=1S/C15H25NO2/c1-4-9-16-12(2)10-14-5-7-15(8-6-14)18-13(3)11-17/h5-8,12-13,16-17H,4,9-11H2,1-3H3. The van der Waals surface area contributed by atoms with Gasteiger partial charge in [0, 0.05) is 6.04 Å². The summed E-state index contributed by atoms with van der Waals surface area (Å²) in [4.78, 5) is 0. The van der Waals surface area contributed by atoms with E-state index in [0.29, 0.717) is 6.04 Å². The predicted molar refractivity (Wildman–Crippen MR) is 75.1 cm³/mol. The molecule has 1 aromatic rings. The van der Waals surface area contributed by atoms with Crippen molar-refractivity contribution >= 4 is 0 Å². The summed E-state index contributed by atoms with van der Waals surface area (Å²) < 4.78 is 5.52. The molecule has 3 nitrogen and oxygen atoms in total. The molecule has 0 aliphatic rings. The first kappa shape index (κ1) is 15.0. The third kappa shape index (κ3) is 5.52. The lowest BCUT2D eigenvalue weighted by Gasteiger charge is -2.15. The van der Waals surface area contributed by atoms with Crippen LogP contribution in [0.3, 0.4) is 0 Å². The van der Waals surface area contributed by atoms with E-state index in [1.165, 1.54) is 5.56 Å². The second-order valence-corrected chi connectivity index (χ2v) is 4.81. The van der Waals surface area contributed by atoms with Crippen LogP contribution in [-0.2, 0) is 6.42 Å². The van der Waals surface area contributed by atoms with Gasteiger partial charge in [-0.1, -0.05) is 19.1 Å². The molecule has 18 heavy (non-hydrogen) atoms. The average Bonchev–Trinajstić information content (AvgIpc) is 2.38. The van der Waals surface area contributed by atoms with Crippen LogP contribution >= 0.6 is 0 Å². The monoisotopic (exact) mass is 251 g/mol. The zero-order valence-electron chi connectivity index (χ0n) is 11.6. The van der Waals surface area contributed by atoms with Crippen LogP contribution in [0.1, 0.15) is 32.8 Å². The van der Waals surface area contributed by atoms with E-state index in [9.17, 15) is 0 Å². The highest BCUT2D eigenvalue weighted by molar-refractivity contribution is 5.27. The normalized spacial score (nSPS) is 14.2. The summed E-state index contributed by atoms with van der Waals surface area (Å²) in [5.41, 5.74) is 1.30. The Morgan fingerprint density at radius 1 is 1.22 bits per heavy atom. The topological polar surface area (TPSA) is 41.5 Å². The molecule has 0 fully saturated rings. The zero-order valence-corrected chi connectivity index (χ0v) is 11.6. The number of ether oxygens (including phenoxy) is 1. The van der Waals surface area contributed by atoms with Gasteiger partial charge in [0.2, 0.25) is 0 Å². The maximum atomic E-state index is 8.92. The minimum atomic E-state index is -0.152. The quantitative estimate of drug-likeness (QED) is 0.745. The summed E-state index contributed by atoms with van der Waals surface area (Å²) in [5.74, 6) is 0.814. The number of nitrogens with one attached hydrogen (secondary N) is 1. The number of aliphatic hydroxyl groups excluding tert-OH is 1. The minimum Gasteiger partial charge on any atom is -0.488 e. The third-order valence-electron chi connectivity index (χ3n) is 2.80. The van der Waals surface area contributed by atoms with Crippen molar-refractivity contribution in [2.75, 3.05) is 13.2 Å². The first-order chi connectivity index (χ1) is 8.65. The lowest BCUT2D eigenvalue weighted by molar-refractivity contribution is 0.129. The molecule has 0 bridgehead atoms. The summed E-state index contributed by atoms with van der Waals surface area (Å²) >= 11 is 0. The Morgan fingerprint density at radius 3 is 2.44 bits per heavy atom. The third-order valence-corrected chi connectivity index (χ3v) is 2.80. The zero-order chi connectivity index (χ0) is 13.4. The lowest BCUT2D eigenvalue weighted by atomic mass is 10.1. The molecule has 0 aliphatic carbocycles. The van der Waals surface area contributed by atoms with E-state index in [0.717, 1.165) is 25.1 Å². The van der Waals surface area contributed by atoms with Gasteiger partial charge in [-0.25, -0.2) is 0 Å². The van der Waals surface area contributed by atoms with Crippen molar-refractivity contribution in [3.8, 4) is 5.75 Å². The number of benzene rings is 1. The van der Waals surface area contributed by atoms with Crippen molar-refractivity contribution in [2.45, 2.75) is 45.8 Å². The van der Waals surface area contributed by atoms with E-state index < -0.39 is 0 Å². The molecule has 2 unspecified atom stereocenters. The van der Waals surface area contributed by atoms with Gasteiger partial charge in [-0.15, -0.1) is 0 Å². The fraction of sp³-hybridized carbons (Fsp3) is 0.600. The number of aliphatic hydroxyl groups is 1. The molecule has 0 saturated heterocycles. The number of hydrogen-bond donors (Lipinski definition) is 2. The molecule has 0 amide bonds. The van der Waals surface area contributed by atoms with Gasteiger partial charge < -0.3 is 15.2 Å². The Kier molecular flexibility index (Phi) is 6.76. The van der Waals surface area contributed by atoms with Crippen LogP contribution in [0.4, 0.5) is 0 Å². The second kappa shape index (κ2) is 8.11. The van der Waals surface area contributed by atoms with Gasteiger partial charge in [-0.2, -0.15) is 0 Å². The largest absolute Gasteiger partial charge is 0.488 e. The molecule has 1 aromatic carbocycles. The van der Waals surface area contributed by atoms with E-state index in [2.05, 4.69) is 31.3 Å². The highest BCUT2D eigenvalue weighted by Crippen LogP contribution is 2.14. The van der Waals surface area contributed by atoms with Crippen LogP contribution in [0.25, 0.3) is 0 Å². The summed E-state index contributed by atoms with van der Waals surface area (Å²) in [7, 11) is 0. The molecule has 1 rings (SSSR count). The van der Waals surface area contributed by atoms with Gasteiger partial charge in [-0.05, 0) is 50.9 Å².